The number of hydrogen-bond donors (Lipinski definition) is 0. The molecular weight excluding hydrogens is 585 g/mol. The van der Waals surface area contributed by atoms with Crippen molar-refractivity contribution < 1.29 is 4.42 Å². The molecule has 3 aliphatic rings. The number of furan rings is 1. The number of benzene rings is 3. The minimum absolute atomic E-state index is 0.146. The van der Waals surface area contributed by atoms with E-state index in [1.165, 1.54) is 61.3 Å². The zero-order valence-electron chi connectivity index (χ0n) is 28.2. The molecule has 0 saturated carbocycles. The first-order chi connectivity index (χ1) is 23.5. The number of aromatic nitrogens is 2. The predicted octanol–water partition coefficient (Wildman–Crippen LogP) is 11.2. The standard InChI is InChI=1S/C45H40N2O/c1-5-30-31-19-11-6-8-16-28(2)24-25-33(31)40(29-17-9-7-10-18-29)46-44(30)47-41-35-21-12-14-22-37(35)45(3,4)39(41)36-27-26-34-32-20-13-15-23-38(32)48-43(34)42(36)47/h6-18,20-25,28H,5,19,26-27H2,1-4H3/b11-6-,16-8-,25-24-. The molecule has 1 atom stereocenters. The molecule has 3 heteroatoms. The van der Waals surface area contributed by atoms with Crippen molar-refractivity contribution in [2.75, 3.05) is 0 Å². The molecule has 1 unspecified atom stereocenters. The molecule has 3 aromatic carbocycles. The molecule has 3 heterocycles. The molecule has 0 N–H and O–H groups in total. The Kier molecular flexibility index (Phi) is 6.62. The molecule has 0 fully saturated rings. The zero-order valence-corrected chi connectivity index (χ0v) is 28.2. The number of hydrogen-bond acceptors (Lipinski definition) is 2. The van der Waals surface area contributed by atoms with Crippen molar-refractivity contribution in [3.63, 3.8) is 0 Å². The smallest absolute Gasteiger partial charge is 0.155 e. The molecule has 0 saturated heterocycles. The van der Waals surface area contributed by atoms with Crippen molar-refractivity contribution in [2.24, 2.45) is 5.92 Å². The molecule has 6 aromatic rings. The van der Waals surface area contributed by atoms with E-state index < -0.39 is 0 Å². The monoisotopic (exact) mass is 624 g/mol. The molecule has 236 valence electrons. The second-order valence-electron chi connectivity index (χ2n) is 14.1. The van der Waals surface area contributed by atoms with Crippen LogP contribution in [0.4, 0.5) is 0 Å². The van der Waals surface area contributed by atoms with Crippen LogP contribution >= 0.6 is 0 Å². The summed E-state index contributed by atoms with van der Waals surface area (Å²) >= 11 is 0. The lowest BCUT2D eigenvalue weighted by Crippen LogP contribution is -2.18. The van der Waals surface area contributed by atoms with Gasteiger partial charge in [-0.05, 0) is 65.5 Å². The minimum atomic E-state index is -0.146. The third-order valence-corrected chi connectivity index (χ3v) is 10.9. The Bertz CT molecular complexity index is 2340. The van der Waals surface area contributed by atoms with Crippen LogP contribution in [-0.2, 0) is 31.1 Å². The molecule has 0 spiro atoms. The van der Waals surface area contributed by atoms with Gasteiger partial charge in [-0.15, -0.1) is 0 Å². The number of aryl methyl sites for hydroxylation is 1. The fraction of sp³-hybridized carbons (Fsp3) is 0.222. The lowest BCUT2D eigenvalue weighted by atomic mass is 9.78. The first kappa shape index (κ1) is 29.0. The summed E-state index contributed by atoms with van der Waals surface area (Å²) in [5, 5.41) is 1.22. The Morgan fingerprint density at radius 2 is 1.60 bits per heavy atom. The van der Waals surface area contributed by atoms with Crippen LogP contribution in [0.15, 0.2) is 114 Å². The Hall–Kier alpha value is -5.15. The van der Waals surface area contributed by atoms with Gasteiger partial charge in [0.25, 0.3) is 0 Å². The molecule has 9 rings (SSSR count). The van der Waals surface area contributed by atoms with E-state index in [1.807, 2.05) is 0 Å². The van der Waals surface area contributed by atoms with Crippen LogP contribution in [0.5, 0.6) is 0 Å². The maximum atomic E-state index is 6.87. The van der Waals surface area contributed by atoms with Crippen LogP contribution in [0.2, 0.25) is 0 Å². The first-order valence-electron chi connectivity index (χ1n) is 17.5. The Morgan fingerprint density at radius 3 is 2.46 bits per heavy atom. The Balaban J connectivity index is 1.45. The van der Waals surface area contributed by atoms with Crippen molar-refractivity contribution in [3.05, 3.63) is 148 Å². The van der Waals surface area contributed by atoms with Crippen LogP contribution in [0.25, 0.3) is 56.8 Å². The average Bonchev–Trinajstić information content (AvgIpc) is 3.74. The lowest BCUT2D eigenvalue weighted by Gasteiger charge is -2.25. The number of nitrogens with zero attached hydrogens (tertiary/aromatic N) is 2. The van der Waals surface area contributed by atoms with Gasteiger partial charge >= 0.3 is 0 Å². The van der Waals surface area contributed by atoms with E-state index in [-0.39, 0.29) is 5.41 Å². The summed E-state index contributed by atoms with van der Waals surface area (Å²) in [6, 6.07) is 28.3. The van der Waals surface area contributed by atoms with Gasteiger partial charge in [0.15, 0.2) is 5.76 Å². The summed E-state index contributed by atoms with van der Waals surface area (Å²) in [6.45, 7) is 9.33. The average molecular weight is 625 g/mol. The van der Waals surface area contributed by atoms with Crippen molar-refractivity contribution >= 4 is 17.0 Å². The van der Waals surface area contributed by atoms with E-state index in [2.05, 4.69) is 148 Å². The number of pyridine rings is 1. The summed E-state index contributed by atoms with van der Waals surface area (Å²) < 4.78 is 9.40. The van der Waals surface area contributed by atoms with Crippen LogP contribution in [0, 0.1) is 5.92 Å². The number of allylic oxidation sites excluding steroid dienone is 5. The molecule has 0 amide bonds. The van der Waals surface area contributed by atoms with Gasteiger partial charge in [0.05, 0.1) is 17.1 Å². The highest BCUT2D eigenvalue weighted by Gasteiger charge is 2.45. The maximum absolute atomic E-state index is 6.87. The van der Waals surface area contributed by atoms with Gasteiger partial charge in [-0.2, -0.15) is 0 Å². The fourth-order valence-electron chi connectivity index (χ4n) is 8.67. The number of fused-ring (bicyclic) bond motifs is 10. The highest BCUT2D eigenvalue weighted by atomic mass is 16.3. The summed E-state index contributed by atoms with van der Waals surface area (Å²) in [7, 11) is 0. The highest BCUT2D eigenvalue weighted by molar-refractivity contribution is 5.94. The van der Waals surface area contributed by atoms with Crippen molar-refractivity contribution in [1.29, 1.82) is 0 Å². The van der Waals surface area contributed by atoms with Crippen LogP contribution in [-0.4, -0.2) is 9.55 Å². The topological polar surface area (TPSA) is 31.0 Å². The van der Waals surface area contributed by atoms with E-state index in [4.69, 9.17) is 9.40 Å². The fourth-order valence-corrected chi connectivity index (χ4v) is 8.67. The second-order valence-corrected chi connectivity index (χ2v) is 14.1. The second kappa shape index (κ2) is 11.0. The SMILES string of the molecule is CCc1c(-n2c3c(c4c2-c2ccccc2C4(C)C)CCc2c-3oc3ccccc23)nc(-c2ccccc2)c2c1C/C=C\C=C/C(C)/C=C\2. The van der Waals surface area contributed by atoms with Gasteiger partial charge in [-0.25, -0.2) is 4.98 Å². The normalized spacial score (nSPS) is 19.1. The Labute approximate surface area is 283 Å². The largest absolute Gasteiger partial charge is 0.454 e. The number of rotatable bonds is 3. The van der Waals surface area contributed by atoms with Gasteiger partial charge in [0.2, 0.25) is 0 Å². The maximum Gasteiger partial charge on any atom is 0.155 e. The number of para-hydroxylation sites is 1. The predicted molar refractivity (Wildman–Crippen MR) is 199 cm³/mol. The first-order valence-corrected chi connectivity index (χ1v) is 17.5. The highest BCUT2D eigenvalue weighted by Crippen LogP contribution is 2.57. The third-order valence-electron chi connectivity index (χ3n) is 10.9. The van der Waals surface area contributed by atoms with Gasteiger partial charge in [0, 0.05) is 33.1 Å². The molecule has 48 heavy (non-hydrogen) atoms. The molecule has 3 aliphatic carbocycles. The third kappa shape index (κ3) is 4.16. The lowest BCUT2D eigenvalue weighted by molar-refractivity contribution is 0.612. The van der Waals surface area contributed by atoms with E-state index in [9.17, 15) is 0 Å². The molecule has 0 radical (unpaired) electrons. The van der Waals surface area contributed by atoms with E-state index >= 15 is 0 Å². The summed E-state index contributed by atoms with van der Waals surface area (Å²) in [5.74, 6) is 2.35. The van der Waals surface area contributed by atoms with Crippen molar-refractivity contribution in [3.8, 4) is 39.8 Å². The Morgan fingerprint density at radius 1 is 0.833 bits per heavy atom. The summed E-state index contributed by atoms with van der Waals surface area (Å²) in [6.07, 6.45) is 17.2. The van der Waals surface area contributed by atoms with Gasteiger partial charge in [-0.3, -0.25) is 4.57 Å². The van der Waals surface area contributed by atoms with E-state index in [0.29, 0.717) is 5.92 Å². The molecule has 3 aromatic heterocycles. The van der Waals surface area contributed by atoms with E-state index in [0.717, 1.165) is 54.1 Å². The van der Waals surface area contributed by atoms with Gasteiger partial charge in [-0.1, -0.05) is 137 Å². The van der Waals surface area contributed by atoms with Crippen molar-refractivity contribution in [1.82, 2.24) is 9.55 Å². The molecule has 0 bridgehead atoms. The summed E-state index contributed by atoms with van der Waals surface area (Å²) in [4.78, 5) is 5.78. The quantitative estimate of drug-likeness (QED) is 0.196. The molecule has 0 aliphatic heterocycles. The minimum Gasteiger partial charge on any atom is -0.454 e. The zero-order chi connectivity index (χ0) is 32.6. The van der Waals surface area contributed by atoms with Gasteiger partial charge < -0.3 is 4.42 Å². The van der Waals surface area contributed by atoms with Crippen molar-refractivity contribution in [2.45, 2.75) is 58.8 Å². The van der Waals surface area contributed by atoms with Crippen LogP contribution < -0.4 is 0 Å². The van der Waals surface area contributed by atoms with Crippen LogP contribution in [0.1, 0.15) is 66.6 Å². The summed E-state index contributed by atoms with van der Waals surface area (Å²) in [5.41, 5.74) is 16.1. The molecule has 3 nitrogen and oxygen atoms in total. The van der Waals surface area contributed by atoms with Crippen LogP contribution in [0.3, 0.4) is 0 Å². The van der Waals surface area contributed by atoms with E-state index in [1.54, 1.807) is 0 Å². The van der Waals surface area contributed by atoms with Gasteiger partial charge in [0.1, 0.15) is 11.4 Å². The molecular formula is C45H40N2O.